The number of aromatic nitrogens is 1. The average Bonchev–Trinajstić information content (AvgIpc) is 2.45. The van der Waals surface area contributed by atoms with E-state index >= 15 is 0 Å². The number of hydrogen-bond donors (Lipinski definition) is 2. The molecular formula is C15H16IN3O. The van der Waals surface area contributed by atoms with Crippen molar-refractivity contribution in [2.75, 3.05) is 17.2 Å². The van der Waals surface area contributed by atoms with Gasteiger partial charge in [0.05, 0.1) is 0 Å². The average molecular weight is 381 g/mol. The zero-order valence-electron chi connectivity index (χ0n) is 11.2. The number of amides is 1. The Morgan fingerprint density at radius 3 is 2.80 bits per heavy atom. The second-order valence-electron chi connectivity index (χ2n) is 4.30. The van der Waals surface area contributed by atoms with Gasteiger partial charge in [-0.05, 0) is 59.3 Å². The van der Waals surface area contributed by atoms with E-state index in [0.717, 1.165) is 28.0 Å². The van der Waals surface area contributed by atoms with Gasteiger partial charge in [-0.2, -0.15) is 0 Å². The van der Waals surface area contributed by atoms with Gasteiger partial charge >= 0.3 is 0 Å². The molecule has 4 nitrogen and oxygen atoms in total. The lowest BCUT2D eigenvalue weighted by atomic mass is 10.3. The molecule has 1 aromatic heterocycles. The van der Waals surface area contributed by atoms with Gasteiger partial charge in [0.15, 0.2) is 0 Å². The second kappa shape index (κ2) is 7.23. The molecule has 2 N–H and O–H groups in total. The van der Waals surface area contributed by atoms with Gasteiger partial charge < -0.3 is 10.6 Å². The normalized spacial score (nSPS) is 10.1. The largest absolute Gasteiger partial charge is 0.370 e. The van der Waals surface area contributed by atoms with Crippen molar-refractivity contribution in [1.29, 1.82) is 0 Å². The van der Waals surface area contributed by atoms with Crippen molar-refractivity contribution in [3.8, 4) is 0 Å². The first-order valence-corrected chi connectivity index (χ1v) is 7.55. The molecule has 0 fully saturated rings. The molecule has 0 bridgehead atoms. The molecule has 0 spiro atoms. The molecule has 0 unspecified atom stereocenters. The first-order valence-electron chi connectivity index (χ1n) is 6.47. The SMILES string of the molecule is CCCNc1cccc(C(=O)Nc2cccc(I)c2)n1. The van der Waals surface area contributed by atoms with E-state index in [4.69, 9.17) is 0 Å². The molecule has 1 aromatic carbocycles. The summed E-state index contributed by atoms with van der Waals surface area (Å²) in [7, 11) is 0. The lowest BCUT2D eigenvalue weighted by molar-refractivity contribution is 0.102. The Morgan fingerprint density at radius 1 is 1.25 bits per heavy atom. The molecule has 0 aliphatic carbocycles. The monoisotopic (exact) mass is 381 g/mol. The number of anilines is 2. The number of pyridine rings is 1. The Labute approximate surface area is 132 Å². The summed E-state index contributed by atoms with van der Waals surface area (Å²) < 4.78 is 1.08. The highest BCUT2D eigenvalue weighted by atomic mass is 127. The van der Waals surface area contributed by atoms with Gasteiger partial charge in [0.1, 0.15) is 11.5 Å². The molecule has 0 saturated carbocycles. The number of hydrogen-bond acceptors (Lipinski definition) is 3. The molecule has 0 atom stereocenters. The van der Waals surface area contributed by atoms with E-state index < -0.39 is 0 Å². The van der Waals surface area contributed by atoms with E-state index in [1.165, 1.54) is 0 Å². The minimum atomic E-state index is -0.202. The third-order valence-electron chi connectivity index (χ3n) is 2.62. The van der Waals surface area contributed by atoms with Crippen LogP contribution in [0.1, 0.15) is 23.8 Å². The predicted molar refractivity (Wildman–Crippen MR) is 90.1 cm³/mol. The smallest absolute Gasteiger partial charge is 0.274 e. The highest BCUT2D eigenvalue weighted by Gasteiger charge is 2.08. The summed E-state index contributed by atoms with van der Waals surface area (Å²) in [5, 5.41) is 6.02. The molecule has 0 aliphatic heterocycles. The third-order valence-corrected chi connectivity index (χ3v) is 3.29. The minimum absolute atomic E-state index is 0.202. The number of carbonyl (C=O) groups excluding carboxylic acids is 1. The van der Waals surface area contributed by atoms with E-state index in [-0.39, 0.29) is 5.91 Å². The summed E-state index contributed by atoms with van der Waals surface area (Å²) in [6.07, 6.45) is 1.01. The van der Waals surface area contributed by atoms with Crippen molar-refractivity contribution < 1.29 is 4.79 Å². The lowest BCUT2D eigenvalue weighted by Crippen LogP contribution is -2.14. The second-order valence-corrected chi connectivity index (χ2v) is 5.54. The van der Waals surface area contributed by atoms with Gasteiger partial charge in [-0.3, -0.25) is 4.79 Å². The van der Waals surface area contributed by atoms with Crippen molar-refractivity contribution in [1.82, 2.24) is 4.98 Å². The highest BCUT2D eigenvalue weighted by Crippen LogP contribution is 2.14. The summed E-state index contributed by atoms with van der Waals surface area (Å²) in [6.45, 7) is 2.93. The van der Waals surface area contributed by atoms with E-state index in [9.17, 15) is 4.79 Å². The van der Waals surface area contributed by atoms with E-state index in [1.807, 2.05) is 36.4 Å². The van der Waals surface area contributed by atoms with Crippen LogP contribution in [0.15, 0.2) is 42.5 Å². The molecule has 20 heavy (non-hydrogen) atoms. The van der Waals surface area contributed by atoms with Crippen molar-refractivity contribution in [2.24, 2.45) is 0 Å². The van der Waals surface area contributed by atoms with Crippen molar-refractivity contribution in [3.05, 3.63) is 51.7 Å². The molecule has 5 heteroatoms. The van der Waals surface area contributed by atoms with Crippen LogP contribution in [0.5, 0.6) is 0 Å². The molecule has 2 aromatic rings. The zero-order valence-corrected chi connectivity index (χ0v) is 13.3. The Balaban J connectivity index is 2.09. The fourth-order valence-electron chi connectivity index (χ4n) is 1.67. The minimum Gasteiger partial charge on any atom is -0.370 e. The Kier molecular flexibility index (Phi) is 5.34. The number of benzene rings is 1. The zero-order chi connectivity index (χ0) is 14.4. The quantitative estimate of drug-likeness (QED) is 0.776. The molecule has 1 amide bonds. The highest BCUT2D eigenvalue weighted by molar-refractivity contribution is 14.1. The summed E-state index contributed by atoms with van der Waals surface area (Å²) in [4.78, 5) is 16.5. The van der Waals surface area contributed by atoms with E-state index in [2.05, 4.69) is 45.1 Å². The van der Waals surface area contributed by atoms with Gasteiger partial charge in [-0.15, -0.1) is 0 Å². The Bertz CT molecular complexity index is 601. The summed E-state index contributed by atoms with van der Waals surface area (Å²) in [6, 6.07) is 13.1. The van der Waals surface area contributed by atoms with Crippen LogP contribution in [-0.4, -0.2) is 17.4 Å². The summed E-state index contributed by atoms with van der Waals surface area (Å²) in [5.41, 5.74) is 1.18. The van der Waals surface area contributed by atoms with Crippen LogP contribution in [-0.2, 0) is 0 Å². The molecule has 104 valence electrons. The molecular weight excluding hydrogens is 365 g/mol. The van der Waals surface area contributed by atoms with Crippen molar-refractivity contribution in [2.45, 2.75) is 13.3 Å². The van der Waals surface area contributed by atoms with Gasteiger partial charge in [-0.25, -0.2) is 4.98 Å². The van der Waals surface area contributed by atoms with Crippen LogP contribution >= 0.6 is 22.6 Å². The number of nitrogens with one attached hydrogen (secondary N) is 2. The van der Waals surface area contributed by atoms with Crippen molar-refractivity contribution in [3.63, 3.8) is 0 Å². The van der Waals surface area contributed by atoms with Crippen LogP contribution in [0.25, 0.3) is 0 Å². The number of nitrogens with zero attached hydrogens (tertiary/aromatic N) is 1. The number of carbonyl (C=O) groups is 1. The molecule has 1 heterocycles. The number of halogens is 1. The maximum absolute atomic E-state index is 12.1. The maximum Gasteiger partial charge on any atom is 0.274 e. The van der Waals surface area contributed by atoms with Crippen LogP contribution < -0.4 is 10.6 Å². The van der Waals surface area contributed by atoms with E-state index in [1.54, 1.807) is 6.07 Å². The first-order chi connectivity index (χ1) is 9.69. The topological polar surface area (TPSA) is 54.0 Å². The molecule has 0 radical (unpaired) electrons. The van der Waals surface area contributed by atoms with Crippen molar-refractivity contribution >= 4 is 40.0 Å². The Morgan fingerprint density at radius 2 is 2.05 bits per heavy atom. The van der Waals surface area contributed by atoms with Crippen LogP contribution in [0.2, 0.25) is 0 Å². The van der Waals surface area contributed by atoms with Crippen LogP contribution in [0.4, 0.5) is 11.5 Å². The van der Waals surface area contributed by atoms with Crippen LogP contribution in [0, 0.1) is 3.57 Å². The van der Waals surface area contributed by atoms with E-state index in [0.29, 0.717) is 5.69 Å². The van der Waals surface area contributed by atoms with Crippen LogP contribution in [0.3, 0.4) is 0 Å². The standard InChI is InChI=1S/C15H16IN3O/c1-2-9-17-14-8-4-7-13(19-14)15(20)18-12-6-3-5-11(16)10-12/h3-8,10H,2,9H2,1H3,(H,17,19)(H,18,20). The van der Waals surface area contributed by atoms with Gasteiger partial charge in [0.2, 0.25) is 0 Å². The molecule has 2 rings (SSSR count). The molecule has 0 saturated heterocycles. The Hall–Kier alpha value is -1.63. The summed E-state index contributed by atoms with van der Waals surface area (Å²) in [5.74, 6) is 0.522. The maximum atomic E-state index is 12.1. The number of rotatable bonds is 5. The predicted octanol–water partition coefficient (Wildman–Crippen LogP) is 3.76. The summed E-state index contributed by atoms with van der Waals surface area (Å²) >= 11 is 2.21. The van der Waals surface area contributed by atoms with Gasteiger partial charge in [0.25, 0.3) is 5.91 Å². The molecule has 0 aliphatic rings. The lowest BCUT2D eigenvalue weighted by Gasteiger charge is -2.07. The fourth-order valence-corrected chi connectivity index (χ4v) is 2.22. The third kappa shape index (κ3) is 4.19. The van der Waals surface area contributed by atoms with Gasteiger partial charge in [-0.1, -0.05) is 19.1 Å². The first kappa shape index (κ1) is 14.8. The fraction of sp³-hybridized carbons (Fsp3) is 0.200. The van der Waals surface area contributed by atoms with Gasteiger partial charge in [0, 0.05) is 15.8 Å².